The second-order valence-corrected chi connectivity index (χ2v) is 6.12. The second-order valence-electron chi connectivity index (χ2n) is 5.17. The molecule has 0 unspecified atom stereocenters. The highest BCUT2D eigenvalue weighted by molar-refractivity contribution is 7.10. The van der Waals surface area contributed by atoms with Crippen LogP contribution in [0.4, 0.5) is 5.69 Å². The average molecular weight is 332 g/mol. The second kappa shape index (κ2) is 6.29. The zero-order chi connectivity index (χ0) is 16.4. The molecule has 23 heavy (non-hydrogen) atoms. The fourth-order valence-corrected chi connectivity index (χ4v) is 3.59. The third-order valence-electron chi connectivity index (χ3n) is 3.64. The van der Waals surface area contributed by atoms with E-state index in [0.717, 1.165) is 16.1 Å². The molecule has 6 nitrogen and oxygen atoms in total. The van der Waals surface area contributed by atoms with E-state index >= 15 is 0 Å². The van der Waals surface area contributed by atoms with Gasteiger partial charge in [-0.25, -0.2) is 0 Å². The van der Waals surface area contributed by atoms with Crippen molar-refractivity contribution >= 4 is 28.8 Å². The molecule has 2 aromatic rings. The average Bonchev–Trinajstić information content (AvgIpc) is 3.00. The Morgan fingerprint density at radius 1 is 1.39 bits per heavy atom. The largest absolute Gasteiger partial charge is 0.493 e. The molecule has 1 aromatic heterocycles. The minimum Gasteiger partial charge on any atom is -0.493 e. The number of primary amides is 1. The Morgan fingerprint density at radius 3 is 2.96 bits per heavy atom. The van der Waals surface area contributed by atoms with Gasteiger partial charge in [-0.05, 0) is 29.1 Å². The highest BCUT2D eigenvalue weighted by Gasteiger charge is 2.28. The monoisotopic (exact) mass is 332 g/mol. The highest BCUT2D eigenvalue weighted by Crippen LogP contribution is 2.42. The summed E-state index contributed by atoms with van der Waals surface area (Å²) in [4.78, 5) is 23.9. The van der Waals surface area contributed by atoms with Crippen molar-refractivity contribution in [3.05, 3.63) is 40.1 Å². The lowest BCUT2D eigenvalue weighted by molar-refractivity contribution is -0.120. The number of carbonyl (C=O) groups is 2. The van der Waals surface area contributed by atoms with Crippen molar-refractivity contribution in [2.45, 2.75) is 12.3 Å². The van der Waals surface area contributed by atoms with E-state index in [1.165, 1.54) is 7.11 Å². The van der Waals surface area contributed by atoms with Crippen molar-refractivity contribution in [2.75, 3.05) is 19.0 Å². The van der Waals surface area contributed by atoms with Gasteiger partial charge in [0.25, 0.3) is 5.91 Å². The molecule has 1 aliphatic rings. The molecular weight excluding hydrogens is 316 g/mol. The van der Waals surface area contributed by atoms with Gasteiger partial charge in [0.2, 0.25) is 5.91 Å². The molecule has 0 saturated heterocycles. The molecule has 0 bridgehead atoms. The van der Waals surface area contributed by atoms with Crippen LogP contribution >= 0.6 is 11.3 Å². The quantitative estimate of drug-likeness (QED) is 0.877. The first kappa shape index (κ1) is 15.4. The maximum atomic E-state index is 11.9. The fraction of sp³-hybridized carbons (Fsp3) is 0.250. The van der Waals surface area contributed by atoms with Gasteiger partial charge in [0.1, 0.15) is 0 Å². The number of rotatable bonds is 5. The van der Waals surface area contributed by atoms with Crippen LogP contribution in [0.2, 0.25) is 0 Å². The summed E-state index contributed by atoms with van der Waals surface area (Å²) >= 11 is 1.61. The van der Waals surface area contributed by atoms with Gasteiger partial charge >= 0.3 is 0 Å². The summed E-state index contributed by atoms with van der Waals surface area (Å²) in [6.07, 6.45) is 0.387. The molecule has 0 saturated carbocycles. The van der Waals surface area contributed by atoms with Crippen LogP contribution < -0.4 is 20.5 Å². The summed E-state index contributed by atoms with van der Waals surface area (Å²) in [5, 5.41) is 4.84. The van der Waals surface area contributed by atoms with Crippen LogP contribution in [0.3, 0.4) is 0 Å². The van der Waals surface area contributed by atoms with Crippen LogP contribution in [0.1, 0.15) is 22.8 Å². The first-order valence-electron chi connectivity index (χ1n) is 7.04. The normalized spacial score (nSPS) is 16.4. The number of benzene rings is 1. The Balaban J connectivity index is 1.92. The van der Waals surface area contributed by atoms with Crippen molar-refractivity contribution < 1.29 is 19.1 Å². The first-order valence-corrected chi connectivity index (χ1v) is 7.92. The van der Waals surface area contributed by atoms with E-state index in [9.17, 15) is 9.59 Å². The SMILES string of the molecule is COc1cc([C@H]2CC(=O)Nc3ccsc32)ccc1OCC(N)=O. The summed E-state index contributed by atoms with van der Waals surface area (Å²) in [6, 6.07) is 7.36. The van der Waals surface area contributed by atoms with Crippen molar-refractivity contribution in [1.29, 1.82) is 0 Å². The van der Waals surface area contributed by atoms with E-state index < -0.39 is 5.91 Å². The lowest BCUT2D eigenvalue weighted by Crippen LogP contribution is -2.22. The van der Waals surface area contributed by atoms with Crippen LogP contribution in [0.25, 0.3) is 0 Å². The van der Waals surface area contributed by atoms with Crippen LogP contribution in [-0.4, -0.2) is 25.5 Å². The number of methoxy groups -OCH3 is 1. The summed E-state index contributed by atoms with van der Waals surface area (Å²) in [5.74, 6) is 0.379. The zero-order valence-electron chi connectivity index (χ0n) is 12.5. The lowest BCUT2D eigenvalue weighted by atomic mass is 9.90. The standard InChI is InChI=1S/C16H16N2O4S/c1-21-13-6-9(2-3-12(13)22-8-14(17)19)10-7-15(20)18-11-4-5-23-16(10)11/h2-6,10H,7-8H2,1H3,(H2,17,19)(H,18,20)/t10-/m1/s1. The molecule has 120 valence electrons. The minimum absolute atomic E-state index is 0.00563. The van der Waals surface area contributed by atoms with Gasteiger partial charge in [-0.3, -0.25) is 9.59 Å². The smallest absolute Gasteiger partial charge is 0.255 e. The van der Waals surface area contributed by atoms with Crippen LogP contribution in [-0.2, 0) is 9.59 Å². The van der Waals surface area contributed by atoms with E-state index in [1.807, 2.05) is 23.6 Å². The summed E-state index contributed by atoms with van der Waals surface area (Å²) in [5.41, 5.74) is 6.92. The molecule has 0 fully saturated rings. The molecule has 7 heteroatoms. The van der Waals surface area contributed by atoms with E-state index in [-0.39, 0.29) is 18.4 Å². The number of fused-ring (bicyclic) bond motifs is 1. The van der Waals surface area contributed by atoms with Crippen molar-refractivity contribution in [3.8, 4) is 11.5 Å². The van der Waals surface area contributed by atoms with E-state index in [4.69, 9.17) is 15.2 Å². The van der Waals surface area contributed by atoms with Gasteiger partial charge in [0.15, 0.2) is 18.1 Å². The van der Waals surface area contributed by atoms with E-state index in [1.54, 1.807) is 17.4 Å². The number of thiophene rings is 1. The topological polar surface area (TPSA) is 90.7 Å². The minimum atomic E-state index is -0.552. The molecule has 3 N–H and O–H groups in total. The van der Waals surface area contributed by atoms with E-state index in [0.29, 0.717) is 17.9 Å². The Kier molecular flexibility index (Phi) is 4.20. The van der Waals surface area contributed by atoms with Gasteiger partial charge in [0.05, 0.1) is 12.8 Å². The third-order valence-corrected chi connectivity index (χ3v) is 4.67. The van der Waals surface area contributed by atoms with Gasteiger partial charge in [0, 0.05) is 17.2 Å². The van der Waals surface area contributed by atoms with Crippen LogP contribution in [0.5, 0.6) is 11.5 Å². The molecule has 0 aliphatic carbocycles. The van der Waals surface area contributed by atoms with Crippen molar-refractivity contribution in [2.24, 2.45) is 5.73 Å². The van der Waals surface area contributed by atoms with Crippen LogP contribution in [0, 0.1) is 0 Å². The number of nitrogens with one attached hydrogen (secondary N) is 1. The summed E-state index contributed by atoms with van der Waals surface area (Å²) < 4.78 is 10.7. The van der Waals surface area contributed by atoms with Gasteiger partial charge < -0.3 is 20.5 Å². The maximum Gasteiger partial charge on any atom is 0.255 e. The molecule has 0 radical (unpaired) electrons. The molecule has 1 aromatic carbocycles. The molecule has 2 amide bonds. The zero-order valence-corrected chi connectivity index (χ0v) is 13.3. The van der Waals surface area contributed by atoms with Gasteiger partial charge in [-0.2, -0.15) is 0 Å². The Labute approximate surface area is 137 Å². The number of amides is 2. The summed E-state index contributed by atoms with van der Waals surface area (Å²) in [7, 11) is 1.53. The molecule has 2 heterocycles. The number of ether oxygens (including phenoxy) is 2. The number of nitrogens with two attached hydrogens (primary N) is 1. The first-order chi connectivity index (χ1) is 11.1. The predicted octanol–water partition coefficient (Wildman–Crippen LogP) is 2.09. The molecule has 1 aliphatic heterocycles. The predicted molar refractivity (Wildman–Crippen MR) is 87.1 cm³/mol. The fourth-order valence-electron chi connectivity index (χ4n) is 2.61. The molecular formula is C16H16N2O4S. The number of hydrogen-bond acceptors (Lipinski definition) is 5. The van der Waals surface area contributed by atoms with Crippen molar-refractivity contribution in [3.63, 3.8) is 0 Å². The lowest BCUT2D eigenvalue weighted by Gasteiger charge is -2.23. The molecule has 0 spiro atoms. The Morgan fingerprint density at radius 2 is 2.22 bits per heavy atom. The van der Waals surface area contributed by atoms with E-state index in [2.05, 4.69) is 5.32 Å². The molecule has 1 atom stereocenters. The van der Waals surface area contributed by atoms with Crippen molar-refractivity contribution in [1.82, 2.24) is 0 Å². The molecule has 3 rings (SSSR count). The number of anilines is 1. The number of hydrogen-bond donors (Lipinski definition) is 2. The Hall–Kier alpha value is -2.54. The van der Waals surface area contributed by atoms with Crippen LogP contribution in [0.15, 0.2) is 29.6 Å². The Bertz CT molecular complexity index is 756. The third kappa shape index (κ3) is 3.14. The summed E-state index contributed by atoms with van der Waals surface area (Å²) in [6.45, 7) is -0.212. The maximum absolute atomic E-state index is 11.9. The number of carbonyl (C=O) groups excluding carboxylic acids is 2. The van der Waals surface area contributed by atoms with Gasteiger partial charge in [-0.15, -0.1) is 11.3 Å². The van der Waals surface area contributed by atoms with Gasteiger partial charge in [-0.1, -0.05) is 6.07 Å². The highest BCUT2D eigenvalue weighted by atomic mass is 32.1.